The lowest BCUT2D eigenvalue weighted by Gasteiger charge is -2.11. The third kappa shape index (κ3) is 3.20. The van der Waals surface area contributed by atoms with Gasteiger partial charge in [-0.25, -0.2) is 0 Å². The molecule has 4 rings (SSSR count). The van der Waals surface area contributed by atoms with Crippen LogP contribution in [0.25, 0.3) is 0 Å². The fourth-order valence-corrected chi connectivity index (χ4v) is 3.38. The summed E-state index contributed by atoms with van der Waals surface area (Å²) in [7, 11) is 0. The van der Waals surface area contributed by atoms with Crippen LogP contribution >= 0.6 is 0 Å². The molecule has 0 fully saturated rings. The van der Waals surface area contributed by atoms with E-state index in [2.05, 4.69) is 5.32 Å². The van der Waals surface area contributed by atoms with Crippen molar-refractivity contribution in [3.8, 4) is 0 Å². The molecule has 2 heterocycles. The number of carbonyl (C=O) groups is 3. The van der Waals surface area contributed by atoms with Crippen molar-refractivity contribution in [3.63, 3.8) is 0 Å². The highest BCUT2D eigenvalue weighted by Gasteiger charge is 2.36. The number of benzene rings is 2. The molecule has 0 spiro atoms. The number of carbonyl (C=O) groups excluding carboxylic acids is 3. The van der Waals surface area contributed by atoms with E-state index in [1.807, 2.05) is 32.0 Å². The molecule has 0 atom stereocenters. The Hall–Kier alpha value is -3.67. The topological polar surface area (TPSA) is 79.6 Å². The minimum atomic E-state index is -0.433. The van der Waals surface area contributed by atoms with Crippen LogP contribution in [0.5, 0.6) is 0 Å². The van der Waals surface area contributed by atoms with Crippen LogP contribution in [0.15, 0.2) is 59.2 Å². The van der Waals surface area contributed by atoms with E-state index in [1.54, 1.807) is 18.2 Å². The third-order valence-electron chi connectivity index (χ3n) is 4.61. The molecule has 140 valence electrons. The van der Waals surface area contributed by atoms with E-state index in [1.165, 1.54) is 18.4 Å². The number of furan rings is 1. The summed E-state index contributed by atoms with van der Waals surface area (Å²) in [5.74, 6) is -0.644. The molecule has 0 saturated heterocycles. The predicted octanol–water partition coefficient (Wildman–Crippen LogP) is 3.94. The number of fused-ring (bicyclic) bond motifs is 1. The van der Waals surface area contributed by atoms with Gasteiger partial charge in [-0.3, -0.25) is 19.3 Å². The van der Waals surface area contributed by atoms with Gasteiger partial charge in [0, 0.05) is 11.3 Å². The monoisotopic (exact) mass is 374 g/mol. The van der Waals surface area contributed by atoms with Gasteiger partial charge in [0.15, 0.2) is 0 Å². The van der Waals surface area contributed by atoms with Gasteiger partial charge < -0.3 is 9.73 Å². The van der Waals surface area contributed by atoms with Gasteiger partial charge >= 0.3 is 0 Å². The van der Waals surface area contributed by atoms with Crippen molar-refractivity contribution in [2.45, 2.75) is 20.4 Å². The Kier molecular flexibility index (Phi) is 4.31. The highest BCUT2D eigenvalue weighted by molar-refractivity contribution is 6.22. The zero-order chi connectivity index (χ0) is 19.8. The number of nitrogens with one attached hydrogen (secondary N) is 1. The molecule has 3 aromatic rings. The van der Waals surface area contributed by atoms with Crippen molar-refractivity contribution >= 4 is 23.4 Å². The zero-order valence-electron chi connectivity index (χ0n) is 15.5. The number of rotatable bonds is 4. The molecule has 0 bridgehead atoms. The lowest BCUT2D eigenvalue weighted by atomic mass is 10.0. The average molecular weight is 374 g/mol. The van der Waals surface area contributed by atoms with Gasteiger partial charge in [-0.1, -0.05) is 6.07 Å². The average Bonchev–Trinajstić information content (AvgIpc) is 3.24. The van der Waals surface area contributed by atoms with Crippen LogP contribution in [-0.4, -0.2) is 22.6 Å². The minimum absolute atomic E-state index is 0.0590. The van der Waals surface area contributed by atoms with Gasteiger partial charge in [0.05, 0.1) is 23.9 Å². The molecule has 1 aromatic heterocycles. The number of anilines is 1. The summed E-state index contributed by atoms with van der Waals surface area (Å²) in [5.41, 5.74) is 3.60. The highest BCUT2D eigenvalue weighted by atomic mass is 16.3. The number of aryl methyl sites for hydroxylation is 2. The number of amides is 3. The quantitative estimate of drug-likeness (QED) is 0.702. The summed E-state index contributed by atoms with van der Waals surface area (Å²) in [6, 6.07) is 13.7. The van der Waals surface area contributed by atoms with Crippen molar-refractivity contribution in [3.05, 3.63) is 88.4 Å². The first-order chi connectivity index (χ1) is 13.4. The summed E-state index contributed by atoms with van der Waals surface area (Å²) >= 11 is 0. The van der Waals surface area contributed by atoms with Crippen LogP contribution in [0.4, 0.5) is 5.69 Å². The molecule has 1 aliphatic heterocycles. The van der Waals surface area contributed by atoms with Gasteiger partial charge in [-0.15, -0.1) is 0 Å². The number of nitrogens with zero attached hydrogens (tertiary/aromatic N) is 1. The molecule has 0 saturated carbocycles. The Labute approximate surface area is 161 Å². The van der Waals surface area contributed by atoms with Crippen LogP contribution in [0.3, 0.4) is 0 Å². The minimum Gasteiger partial charge on any atom is -0.467 e. The fourth-order valence-electron chi connectivity index (χ4n) is 3.38. The summed E-state index contributed by atoms with van der Waals surface area (Å²) in [4.78, 5) is 39.0. The summed E-state index contributed by atoms with van der Waals surface area (Å²) in [6.45, 7) is 3.97. The van der Waals surface area contributed by atoms with Crippen molar-refractivity contribution in [2.75, 3.05) is 5.32 Å². The SMILES string of the molecule is Cc1cc(C)cc(NC(=O)c2ccc3c(c2)C(=O)N(Cc2ccco2)C3=O)c1. The van der Waals surface area contributed by atoms with Crippen molar-refractivity contribution < 1.29 is 18.8 Å². The number of hydrogen-bond acceptors (Lipinski definition) is 4. The molecule has 0 unspecified atom stereocenters. The van der Waals surface area contributed by atoms with Crippen LogP contribution in [0.2, 0.25) is 0 Å². The van der Waals surface area contributed by atoms with Gasteiger partial charge in [0.1, 0.15) is 5.76 Å². The fraction of sp³-hybridized carbons (Fsp3) is 0.136. The second-order valence-corrected chi connectivity index (χ2v) is 6.87. The van der Waals surface area contributed by atoms with Crippen molar-refractivity contribution in [2.24, 2.45) is 0 Å². The normalized spacial score (nSPS) is 13.0. The third-order valence-corrected chi connectivity index (χ3v) is 4.61. The molecule has 0 radical (unpaired) electrons. The van der Waals surface area contributed by atoms with Crippen LogP contribution in [0, 0.1) is 13.8 Å². The van der Waals surface area contributed by atoms with E-state index in [0.29, 0.717) is 22.6 Å². The maximum absolute atomic E-state index is 12.7. The van der Waals surface area contributed by atoms with E-state index in [0.717, 1.165) is 16.0 Å². The number of hydrogen-bond donors (Lipinski definition) is 1. The van der Waals surface area contributed by atoms with Gasteiger partial charge in [-0.2, -0.15) is 0 Å². The van der Waals surface area contributed by atoms with Gasteiger partial charge in [0.25, 0.3) is 17.7 Å². The van der Waals surface area contributed by atoms with Crippen LogP contribution in [0.1, 0.15) is 48.0 Å². The summed E-state index contributed by atoms with van der Waals surface area (Å²) in [6.07, 6.45) is 1.49. The molecule has 0 aliphatic carbocycles. The Morgan fingerprint density at radius 1 is 0.964 bits per heavy atom. The molecular formula is C22H18N2O4. The molecule has 3 amide bonds. The highest BCUT2D eigenvalue weighted by Crippen LogP contribution is 2.26. The molecule has 1 N–H and O–H groups in total. The maximum atomic E-state index is 12.7. The standard InChI is InChI=1S/C22H18N2O4/c1-13-8-14(2)10-16(9-13)23-20(25)15-5-6-18-19(11-15)22(27)24(21(18)26)12-17-4-3-7-28-17/h3-11H,12H2,1-2H3,(H,23,25). The summed E-state index contributed by atoms with van der Waals surface area (Å²) < 4.78 is 5.23. The van der Waals surface area contributed by atoms with Crippen LogP contribution in [-0.2, 0) is 6.54 Å². The molecule has 6 heteroatoms. The Morgan fingerprint density at radius 3 is 2.36 bits per heavy atom. The lowest BCUT2D eigenvalue weighted by Crippen LogP contribution is -2.28. The molecule has 1 aliphatic rings. The first kappa shape index (κ1) is 17.7. The second-order valence-electron chi connectivity index (χ2n) is 6.87. The Bertz CT molecular complexity index is 1080. The van der Waals surface area contributed by atoms with E-state index in [4.69, 9.17) is 4.42 Å². The van der Waals surface area contributed by atoms with E-state index >= 15 is 0 Å². The molecular weight excluding hydrogens is 356 g/mol. The molecule has 6 nitrogen and oxygen atoms in total. The number of imide groups is 1. The first-order valence-corrected chi connectivity index (χ1v) is 8.84. The van der Waals surface area contributed by atoms with E-state index in [9.17, 15) is 14.4 Å². The summed E-state index contributed by atoms with van der Waals surface area (Å²) in [5, 5.41) is 2.84. The lowest BCUT2D eigenvalue weighted by molar-refractivity contribution is 0.0631. The zero-order valence-corrected chi connectivity index (χ0v) is 15.5. The maximum Gasteiger partial charge on any atom is 0.261 e. The Morgan fingerprint density at radius 2 is 1.68 bits per heavy atom. The molecule has 2 aromatic carbocycles. The predicted molar refractivity (Wildman–Crippen MR) is 103 cm³/mol. The van der Waals surface area contributed by atoms with E-state index < -0.39 is 11.8 Å². The first-order valence-electron chi connectivity index (χ1n) is 8.84. The second kappa shape index (κ2) is 6.81. The molecule has 28 heavy (non-hydrogen) atoms. The smallest absolute Gasteiger partial charge is 0.261 e. The van der Waals surface area contributed by atoms with Crippen LogP contribution < -0.4 is 5.32 Å². The Balaban J connectivity index is 1.58. The van der Waals surface area contributed by atoms with Crippen molar-refractivity contribution in [1.82, 2.24) is 4.90 Å². The van der Waals surface area contributed by atoms with E-state index in [-0.39, 0.29) is 18.0 Å². The largest absolute Gasteiger partial charge is 0.467 e. The van der Waals surface area contributed by atoms with Gasteiger partial charge in [-0.05, 0) is 67.4 Å². The van der Waals surface area contributed by atoms with Gasteiger partial charge in [0.2, 0.25) is 0 Å². The van der Waals surface area contributed by atoms with Crippen molar-refractivity contribution in [1.29, 1.82) is 0 Å².